The lowest BCUT2D eigenvalue weighted by Crippen LogP contribution is -1.95. The van der Waals surface area contributed by atoms with Crippen LogP contribution in [0.2, 0.25) is 0 Å². The first-order chi connectivity index (χ1) is 7.18. The van der Waals surface area contributed by atoms with E-state index >= 15 is 0 Å². The van der Waals surface area contributed by atoms with Gasteiger partial charge in [0.2, 0.25) is 5.82 Å². The monoisotopic (exact) mass is 223 g/mol. The van der Waals surface area contributed by atoms with Crippen molar-refractivity contribution in [3.63, 3.8) is 0 Å². The van der Waals surface area contributed by atoms with Crippen LogP contribution in [0.5, 0.6) is 0 Å². The third kappa shape index (κ3) is 1.74. The Labute approximate surface area is 87.9 Å². The van der Waals surface area contributed by atoms with E-state index in [9.17, 15) is 10.1 Å². The van der Waals surface area contributed by atoms with Crippen molar-refractivity contribution in [1.82, 2.24) is 14.3 Å². The molecule has 0 amide bonds. The maximum atomic E-state index is 10.7. The summed E-state index contributed by atoms with van der Waals surface area (Å²) in [4.78, 5) is 17.9. The minimum Gasteiger partial charge on any atom is -0.374 e. The van der Waals surface area contributed by atoms with Gasteiger partial charge in [0.05, 0.1) is 4.92 Å². The molecule has 0 spiro atoms. The van der Waals surface area contributed by atoms with Gasteiger partial charge >= 0.3 is 0 Å². The molecule has 0 unspecified atom stereocenters. The minimum atomic E-state index is -0.528. The van der Waals surface area contributed by atoms with E-state index in [1.54, 1.807) is 0 Å². The van der Waals surface area contributed by atoms with Gasteiger partial charge in [0, 0.05) is 23.8 Å². The first-order valence-corrected chi connectivity index (χ1v) is 4.65. The van der Waals surface area contributed by atoms with Gasteiger partial charge in [0.15, 0.2) is 10.8 Å². The predicted molar refractivity (Wildman–Crippen MR) is 54.2 cm³/mol. The zero-order valence-electron chi connectivity index (χ0n) is 7.32. The molecule has 8 heteroatoms. The van der Waals surface area contributed by atoms with Crippen LogP contribution >= 0.6 is 11.5 Å². The summed E-state index contributed by atoms with van der Waals surface area (Å²) in [5.41, 5.74) is 5.39. The maximum Gasteiger partial charge on any atom is 0.298 e. The first-order valence-electron chi connectivity index (χ1n) is 3.87. The van der Waals surface area contributed by atoms with Crippen molar-refractivity contribution < 1.29 is 4.92 Å². The molecule has 0 fully saturated rings. The Hall–Kier alpha value is -2.09. The molecule has 0 aliphatic carbocycles. The number of anilines is 1. The number of nitrogen functional groups attached to an aromatic ring is 1. The molecule has 0 radical (unpaired) electrons. The molecular formula is C7H5N5O2S. The van der Waals surface area contributed by atoms with E-state index in [-0.39, 0.29) is 22.3 Å². The Kier molecular flexibility index (Phi) is 2.26. The second-order valence-electron chi connectivity index (χ2n) is 2.58. The highest BCUT2D eigenvalue weighted by molar-refractivity contribution is 7.09. The predicted octanol–water partition coefficient (Wildman–Crippen LogP) is 1.09. The van der Waals surface area contributed by atoms with E-state index < -0.39 is 4.92 Å². The summed E-state index contributed by atoms with van der Waals surface area (Å²) in [5, 5.41) is 10.9. The van der Waals surface area contributed by atoms with E-state index in [1.165, 1.54) is 18.3 Å². The van der Waals surface area contributed by atoms with Gasteiger partial charge in [-0.05, 0) is 6.07 Å². The number of nitrogens with zero attached hydrogens (tertiary/aromatic N) is 4. The fraction of sp³-hybridized carbons (Fsp3) is 0. The van der Waals surface area contributed by atoms with Gasteiger partial charge in [-0.1, -0.05) is 0 Å². The molecule has 0 aliphatic heterocycles. The van der Waals surface area contributed by atoms with Crippen molar-refractivity contribution in [1.29, 1.82) is 0 Å². The molecule has 2 aromatic rings. The highest BCUT2D eigenvalue weighted by atomic mass is 32.1. The molecule has 2 aromatic heterocycles. The van der Waals surface area contributed by atoms with Crippen LogP contribution < -0.4 is 5.73 Å². The number of pyridine rings is 1. The van der Waals surface area contributed by atoms with E-state index in [4.69, 9.17) is 5.73 Å². The Morgan fingerprint density at radius 1 is 1.53 bits per heavy atom. The van der Waals surface area contributed by atoms with Crippen LogP contribution in [0.3, 0.4) is 0 Å². The molecule has 7 nitrogen and oxygen atoms in total. The van der Waals surface area contributed by atoms with Gasteiger partial charge in [-0.2, -0.15) is 9.36 Å². The smallest absolute Gasteiger partial charge is 0.298 e. The number of nitrogens with two attached hydrogens (primary N) is 1. The molecule has 0 atom stereocenters. The number of nitro groups is 1. The average Bonchev–Trinajstić information content (AvgIpc) is 2.65. The van der Waals surface area contributed by atoms with Crippen LogP contribution in [0.4, 0.5) is 10.8 Å². The van der Waals surface area contributed by atoms with Crippen LogP contribution in [-0.4, -0.2) is 19.3 Å². The summed E-state index contributed by atoms with van der Waals surface area (Å²) in [6.07, 6.45) is 1.44. The topological polar surface area (TPSA) is 108 Å². The Morgan fingerprint density at radius 2 is 2.33 bits per heavy atom. The molecule has 76 valence electrons. The Morgan fingerprint density at radius 3 is 2.93 bits per heavy atom. The third-order valence-corrected chi connectivity index (χ3v) is 2.18. The van der Waals surface area contributed by atoms with Crippen molar-refractivity contribution in [2.24, 2.45) is 0 Å². The van der Waals surface area contributed by atoms with Crippen LogP contribution in [0.25, 0.3) is 11.5 Å². The van der Waals surface area contributed by atoms with Crippen LogP contribution in [0.1, 0.15) is 0 Å². The zero-order valence-corrected chi connectivity index (χ0v) is 8.14. The van der Waals surface area contributed by atoms with E-state index in [1.807, 2.05) is 0 Å². The number of rotatable bonds is 2. The molecular weight excluding hydrogens is 218 g/mol. The van der Waals surface area contributed by atoms with Gasteiger partial charge in [0.25, 0.3) is 5.69 Å². The van der Waals surface area contributed by atoms with E-state index in [2.05, 4.69) is 14.3 Å². The molecule has 0 aliphatic rings. The molecule has 2 heterocycles. The van der Waals surface area contributed by atoms with Crippen molar-refractivity contribution in [2.45, 2.75) is 0 Å². The SMILES string of the molecule is Nc1nc(-c2ncccc2[N+](=O)[O-])ns1. The van der Waals surface area contributed by atoms with Gasteiger partial charge in [0.1, 0.15) is 0 Å². The Bertz CT molecular complexity index is 512. The van der Waals surface area contributed by atoms with Crippen LogP contribution in [-0.2, 0) is 0 Å². The molecule has 0 bridgehead atoms. The van der Waals surface area contributed by atoms with E-state index in [0.29, 0.717) is 0 Å². The highest BCUT2D eigenvalue weighted by Gasteiger charge is 2.19. The molecule has 0 saturated heterocycles. The second-order valence-corrected chi connectivity index (χ2v) is 3.37. The second kappa shape index (κ2) is 3.58. The fourth-order valence-corrected chi connectivity index (χ4v) is 1.48. The first kappa shape index (κ1) is 9.46. The van der Waals surface area contributed by atoms with E-state index in [0.717, 1.165) is 11.5 Å². The fourth-order valence-electron chi connectivity index (χ4n) is 1.05. The number of hydrogen-bond donors (Lipinski definition) is 1. The van der Waals surface area contributed by atoms with Crippen LogP contribution in [0, 0.1) is 10.1 Å². The zero-order chi connectivity index (χ0) is 10.8. The summed E-state index contributed by atoms with van der Waals surface area (Å²) >= 11 is 0.974. The van der Waals surface area contributed by atoms with Crippen molar-refractivity contribution >= 4 is 22.4 Å². The average molecular weight is 223 g/mol. The summed E-state index contributed by atoms with van der Waals surface area (Å²) in [7, 11) is 0. The summed E-state index contributed by atoms with van der Waals surface area (Å²) in [5.74, 6) is 0.185. The Balaban J connectivity index is 2.57. The third-order valence-electron chi connectivity index (χ3n) is 1.64. The number of hydrogen-bond acceptors (Lipinski definition) is 7. The van der Waals surface area contributed by atoms with Gasteiger partial charge in [-0.3, -0.25) is 10.1 Å². The standard InChI is InChI=1S/C7H5N5O2S/c8-7-10-6(11-15-7)5-4(12(13)14)2-1-3-9-5/h1-3H,(H2,8,10,11). The summed E-state index contributed by atoms with van der Waals surface area (Å²) in [6.45, 7) is 0. The summed E-state index contributed by atoms with van der Waals surface area (Å²) in [6, 6.07) is 2.83. The largest absolute Gasteiger partial charge is 0.374 e. The van der Waals surface area contributed by atoms with Gasteiger partial charge < -0.3 is 5.73 Å². The molecule has 15 heavy (non-hydrogen) atoms. The van der Waals surface area contributed by atoms with Crippen molar-refractivity contribution in [3.05, 3.63) is 28.4 Å². The lowest BCUT2D eigenvalue weighted by Gasteiger charge is -1.95. The highest BCUT2D eigenvalue weighted by Crippen LogP contribution is 2.26. The quantitative estimate of drug-likeness (QED) is 0.603. The van der Waals surface area contributed by atoms with Crippen molar-refractivity contribution in [2.75, 3.05) is 5.73 Å². The molecule has 2 rings (SSSR count). The molecule has 2 N–H and O–H groups in total. The van der Waals surface area contributed by atoms with Crippen molar-refractivity contribution in [3.8, 4) is 11.5 Å². The lowest BCUT2D eigenvalue weighted by molar-refractivity contribution is -0.384. The molecule has 0 aromatic carbocycles. The van der Waals surface area contributed by atoms with Gasteiger partial charge in [-0.25, -0.2) is 4.98 Å². The lowest BCUT2D eigenvalue weighted by atomic mass is 10.3. The minimum absolute atomic E-state index is 0.129. The molecule has 0 saturated carbocycles. The maximum absolute atomic E-state index is 10.7. The number of aromatic nitrogens is 3. The van der Waals surface area contributed by atoms with Crippen LogP contribution in [0.15, 0.2) is 18.3 Å². The summed E-state index contributed by atoms with van der Waals surface area (Å²) < 4.78 is 3.87. The normalized spacial score (nSPS) is 10.1. The van der Waals surface area contributed by atoms with Gasteiger partial charge in [-0.15, -0.1) is 0 Å².